The van der Waals surface area contributed by atoms with E-state index in [4.69, 9.17) is 22.6 Å². The van der Waals surface area contributed by atoms with Crippen molar-refractivity contribution in [3.05, 3.63) is 28.3 Å². The summed E-state index contributed by atoms with van der Waals surface area (Å²) in [5.41, 5.74) is 8.08. The molecule has 2 fully saturated rings. The molecule has 20 heavy (non-hydrogen) atoms. The summed E-state index contributed by atoms with van der Waals surface area (Å²) in [5, 5.41) is 13.0. The van der Waals surface area contributed by atoms with E-state index in [9.17, 15) is 0 Å². The van der Waals surface area contributed by atoms with Crippen molar-refractivity contribution in [1.29, 1.82) is 5.26 Å². The number of nitrogens with two attached hydrogens (primary N) is 1. The molecule has 3 N–H and O–H groups in total. The van der Waals surface area contributed by atoms with E-state index in [1.807, 2.05) is 6.07 Å². The lowest BCUT2D eigenvalue weighted by Gasteiger charge is -2.42. The van der Waals surface area contributed by atoms with Crippen LogP contribution >= 0.6 is 11.6 Å². The van der Waals surface area contributed by atoms with Crippen LogP contribution in [0.25, 0.3) is 0 Å². The molecule has 4 nitrogen and oxygen atoms in total. The van der Waals surface area contributed by atoms with Crippen LogP contribution in [-0.2, 0) is 0 Å². The summed E-state index contributed by atoms with van der Waals surface area (Å²) in [6, 6.07) is 6.43. The fourth-order valence-electron chi connectivity index (χ4n) is 3.14. The summed E-state index contributed by atoms with van der Waals surface area (Å²) in [4.78, 5) is 2.55. The molecule has 0 atom stereocenters. The maximum atomic E-state index is 9.07. The Morgan fingerprint density at radius 2 is 2.00 bits per heavy atom. The van der Waals surface area contributed by atoms with Gasteiger partial charge in [-0.15, -0.1) is 0 Å². The first kappa shape index (κ1) is 13.7. The average molecular weight is 291 g/mol. The fourth-order valence-corrected chi connectivity index (χ4v) is 3.40. The van der Waals surface area contributed by atoms with Crippen LogP contribution in [0.15, 0.2) is 12.1 Å². The Kier molecular flexibility index (Phi) is 3.84. The summed E-state index contributed by atoms with van der Waals surface area (Å²) in [5.74, 6) is 0.419. The molecule has 2 heterocycles. The monoisotopic (exact) mass is 290 g/mol. The van der Waals surface area contributed by atoms with Crippen molar-refractivity contribution in [2.75, 3.05) is 31.9 Å². The Hall–Kier alpha value is -1.28. The van der Waals surface area contributed by atoms with Crippen molar-refractivity contribution in [1.82, 2.24) is 10.2 Å². The van der Waals surface area contributed by atoms with Gasteiger partial charge in [-0.3, -0.25) is 4.90 Å². The Balaban J connectivity index is 1.74. The number of hydrogen-bond acceptors (Lipinski definition) is 4. The van der Waals surface area contributed by atoms with Gasteiger partial charge in [0.05, 0.1) is 22.3 Å². The van der Waals surface area contributed by atoms with E-state index in [2.05, 4.69) is 16.3 Å². The second-order valence-corrected chi connectivity index (χ2v) is 6.08. The molecule has 0 spiro atoms. The number of nitrogens with zero attached hydrogens (tertiary/aromatic N) is 2. The zero-order chi connectivity index (χ0) is 14.1. The van der Waals surface area contributed by atoms with Crippen LogP contribution < -0.4 is 11.1 Å². The minimum atomic E-state index is 0.419. The second-order valence-electron chi connectivity index (χ2n) is 5.70. The Labute approximate surface area is 124 Å². The number of halogens is 1. The van der Waals surface area contributed by atoms with Crippen LogP contribution in [0.4, 0.5) is 5.69 Å². The van der Waals surface area contributed by atoms with E-state index in [-0.39, 0.29) is 0 Å². The molecule has 2 aliphatic rings. The molecule has 0 radical (unpaired) electrons. The predicted molar refractivity (Wildman–Crippen MR) is 80.8 cm³/mol. The molecule has 0 unspecified atom stereocenters. The largest absolute Gasteiger partial charge is 0.397 e. The van der Waals surface area contributed by atoms with Crippen molar-refractivity contribution in [2.45, 2.75) is 24.8 Å². The molecule has 2 saturated heterocycles. The highest BCUT2D eigenvalue weighted by Gasteiger charge is 2.30. The third-order valence-electron chi connectivity index (χ3n) is 4.50. The lowest BCUT2D eigenvalue weighted by molar-refractivity contribution is 0.113. The summed E-state index contributed by atoms with van der Waals surface area (Å²) in [7, 11) is 0. The molecule has 1 aromatic carbocycles. The fraction of sp³-hybridized carbons (Fsp3) is 0.533. The number of rotatable bonds is 2. The molecule has 0 aliphatic carbocycles. The van der Waals surface area contributed by atoms with E-state index in [0.717, 1.165) is 44.6 Å². The first-order chi connectivity index (χ1) is 9.69. The Morgan fingerprint density at radius 3 is 2.55 bits per heavy atom. The number of nitrogens with one attached hydrogen (secondary N) is 1. The Bertz CT molecular complexity index is 540. The van der Waals surface area contributed by atoms with Gasteiger partial charge < -0.3 is 11.1 Å². The molecule has 0 bridgehead atoms. The van der Waals surface area contributed by atoms with Gasteiger partial charge in [0.15, 0.2) is 0 Å². The maximum absolute atomic E-state index is 9.07. The van der Waals surface area contributed by atoms with E-state index in [1.54, 1.807) is 6.07 Å². The number of piperidine rings is 1. The van der Waals surface area contributed by atoms with E-state index in [0.29, 0.717) is 28.2 Å². The van der Waals surface area contributed by atoms with Gasteiger partial charge in [-0.25, -0.2) is 0 Å². The number of likely N-dealkylation sites (tertiary alicyclic amines) is 1. The number of nitrogen functional groups attached to an aromatic ring is 1. The van der Waals surface area contributed by atoms with Gasteiger partial charge in [0, 0.05) is 19.1 Å². The van der Waals surface area contributed by atoms with E-state index < -0.39 is 0 Å². The zero-order valence-corrected chi connectivity index (χ0v) is 12.2. The predicted octanol–water partition coefficient (Wildman–Crippen LogP) is 1.95. The van der Waals surface area contributed by atoms with Crippen molar-refractivity contribution < 1.29 is 0 Å². The third kappa shape index (κ3) is 2.49. The molecule has 1 aromatic rings. The van der Waals surface area contributed by atoms with E-state index >= 15 is 0 Å². The van der Waals surface area contributed by atoms with Gasteiger partial charge in [-0.2, -0.15) is 5.26 Å². The summed E-state index contributed by atoms with van der Waals surface area (Å²) in [6.45, 7) is 4.43. The molecular weight excluding hydrogens is 272 g/mol. The highest BCUT2D eigenvalue weighted by atomic mass is 35.5. The van der Waals surface area contributed by atoms with Gasteiger partial charge in [-0.05, 0) is 49.5 Å². The lowest BCUT2D eigenvalue weighted by Crippen LogP contribution is -2.58. The van der Waals surface area contributed by atoms with Crippen LogP contribution in [0.2, 0.25) is 5.02 Å². The SMILES string of the molecule is N#Cc1cc(N)c(Cl)c(C2CCN(C3CNC3)CC2)c1. The third-order valence-corrected chi connectivity index (χ3v) is 4.94. The van der Waals surface area contributed by atoms with Gasteiger partial charge in [-0.1, -0.05) is 11.6 Å². The minimum Gasteiger partial charge on any atom is -0.397 e. The van der Waals surface area contributed by atoms with Crippen LogP contribution in [0.1, 0.15) is 29.9 Å². The minimum absolute atomic E-state index is 0.419. The molecule has 2 aliphatic heterocycles. The zero-order valence-electron chi connectivity index (χ0n) is 11.4. The van der Waals surface area contributed by atoms with Gasteiger partial charge >= 0.3 is 0 Å². The number of nitriles is 1. The van der Waals surface area contributed by atoms with E-state index in [1.165, 1.54) is 0 Å². The molecule has 0 amide bonds. The summed E-state index contributed by atoms with van der Waals surface area (Å²) in [6.07, 6.45) is 2.18. The topological polar surface area (TPSA) is 65.1 Å². The average Bonchev–Trinajstić information content (AvgIpc) is 2.41. The lowest BCUT2D eigenvalue weighted by atomic mass is 9.87. The summed E-state index contributed by atoms with van der Waals surface area (Å²) >= 11 is 6.33. The number of benzene rings is 1. The number of hydrogen-bond donors (Lipinski definition) is 2. The quantitative estimate of drug-likeness (QED) is 0.817. The second kappa shape index (κ2) is 5.61. The standard InChI is InChI=1S/C15H19ClN4/c16-15-13(5-10(7-17)6-14(15)18)11-1-3-20(4-2-11)12-8-19-9-12/h5-6,11-12,19H,1-4,8-9,18H2. The molecule has 3 rings (SSSR count). The van der Waals surface area contributed by atoms with Crippen molar-refractivity contribution in [3.63, 3.8) is 0 Å². The van der Waals surface area contributed by atoms with Gasteiger partial charge in [0.1, 0.15) is 0 Å². The highest BCUT2D eigenvalue weighted by molar-refractivity contribution is 6.34. The van der Waals surface area contributed by atoms with Crippen LogP contribution in [0.3, 0.4) is 0 Å². The molecule has 0 aromatic heterocycles. The smallest absolute Gasteiger partial charge is 0.0992 e. The number of anilines is 1. The van der Waals surface area contributed by atoms with Crippen LogP contribution in [0.5, 0.6) is 0 Å². The Morgan fingerprint density at radius 1 is 1.30 bits per heavy atom. The summed E-state index contributed by atoms with van der Waals surface area (Å²) < 4.78 is 0. The van der Waals surface area contributed by atoms with Crippen LogP contribution in [0, 0.1) is 11.3 Å². The molecular formula is C15H19ClN4. The van der Waals surface area contributed by atoms with Gasteiger partial charge in [0.2, 0.25) is 0 Å². The highest BCUT2D eigenvalue weighted by Crippen LogP contribution is 2.37. The molecule has 0 saturated carbocycles. The first-order valence-electron chi connectivity index (χ1n) is 7.13. The van der Waals surface area contributed by atoms with Crippen molar-refractivity contribution in [2.24, 2.45) is 0 Å². The van der Waals surface area contributed by atoms with Crippen molar-refractivity contribution >= 4 is 17.3 Å². The van der Waals surface area contributed by atoms with Crippen LogP contribution in [-0.4, -0.2) is 37.1 Å². The maximum Gasteiger partial charge on any atom is 0.0992 e. The normalized spacial score (nSPS) is 21.4. The molecule has 5 heteroatoms. The van der Waals surface area contributed by atoms with Crippen molar-refractivity contribution in [3.8, 4) is 6.07 Å². The first-order valence-corrected chi connectivity index (χ1v) is 7.50. The molecule has 106 valence electrons. The van der Waals surface area contributed by atoms with Gasteiger partial charge in [0.25, 0.3) is 0 Å².